The van der Waals surface area contributed by atoms with Crippen LogP contribution in [0, 0.1) is 0 Å². The van der Waals surface area contributed by atoms with Crippen LogP contribution in [0.3, 0.4) is 0 Å². The standard InChI is InChI=1S/C57H59N3O6/c1-3-5-7-9-11-13-38-63-48-28-22-44(23-29-48)56(61)65-50-32-18-42(19-33-50)46-26-36-52(58-40-46)54-16-15-17-55(60-54)53-37-27-47(41-59-53)43-20-34-51(35-21-43)66-57(62)45-24-30-49(31-25-45)64-39-14-12-10-8-6-4-2/h15-37,40-41H,3-14,38-39H2,1-2H3. The third kappa shape index (κ3) is 13.9. The van der Waals surface area contributed by atoms with Gasteiger partial charge < -0.3 is 18.9 Å². The highest BCUT2D eigenvalue weighted by Gasteiger charge is 2.13. The number of unbranched alkanes of at least 4 members (excludes halogenated alkanes) is 10. The number of aromatic nitrogens is 3. The van der Waals surface area contributed by atoms with E-state index in [2.05, 4.69) is 13.8 Å². The zero-order chi connectivity index (χ0) is 45.8. The van der Waals surface area contributed by atoms with Crippen molar-refractivity contribution in [1.29, 1.82) is 0 Å². The van der Waals surface area contributed by atoms with Gasteiger partial charge in [0.25, 0.3) is 0 Å². The summed E-state index contributed by atoms with van der Waals surface area (Å²) in [4.78, 5) is 40.0. The highest BCUT2D eigenvalue weighted by molar-refractivity contribution is 5.92. The number of pyridine rings is 3. The predicted octanol–water partition coefficient (Wildman–Crippen LogP) is 14.5. The van der Waals surface area contributed by atoms with Crippen molar-refractivity contribution in [2.45, 2.75) is 90.9 Å². The summed E-state index contributed by atoms with van der Waals surface area (Å²) in [5, 5.41) is 0. The minimum absolute atomic E-state index is 0.425. The van der Waals surface area contributed by atoms with Crippen LogP contribution >= 0.6 is 0 Å². The Morgan fingerprint density at radius 3 is 1.12 bits per heavy atom. The first-order chi connectivity index (χ1) is 32.4. The first-order valence-corrected chi connectivity index (χ1v) is 23.5. The Hall–Kier alpha value is -7.13. The maximum atomic E-state index is 12.8. The molecule has 66 heavy (non-hydrogen) atoms. The van der Waals surface area contributed by atoms with Gasteiger partial charge >= 0.3 is 11.9 Å². The third-order valence-electron chi connectivity index (χ3n) is 11.3. The van der Waals surface area contributed by atoms with Gasteiger partial charge in [-0.3, -0.25) is 9.97 Å². The van der Waals surface area contributed by atoms with Gasteiger partial charge in [-0.15, -0.1) is 0 Å². The molecule has 0 fully saturated rings. The van der Waals surface area contributed by atoms with Crippen LogP contribution in [0.4, 0.5) is 0 Å². The number of benzene rings is 4. The second-order valence-corrected chi connectivity index (χ2v) is 16.4. The number of nitrogens with zero attached hydrogens (tertiary/aromatic N) is 3. The molecule has 0 unspecified atom stereocenters. The van der Waals surface area contributed by atoms with Crippen molar-refractivity contribution in [3.8, 4) is 68.0 Å². The first-order valence-electron chi connectivity index (χ1n) is 23.5. The fraction of sp³-hybridized carbons (Fsp3) is 0.281. The van der Waals surface area contributed by atoms with Crippen LogP contribution in [0.25, 0.3) is 45.0 Å². The van der Waals surface area contributed by atoms with E-state index in [1.807, 2.05) is 103 Å². The average Bonchev–Trinajstić information content (AvgIpc) is 3.37. The van der Waals surface area contributed by atoms with E-state index in [4.69, 9.17) is 33.9 Å². The van der Waals surface area contributed by atoms with Crippen molar-refractivity contribution in [3.05, 3.63) is 163 Å². The summed E-state index contributed by atoms with van der Waals surface area (Å²) in [6.45, 7) is 5.79. The fourth-order valence-corrected chi connectivity index (χ4v) is 7.43. The lowest BCUT2D eigenvalue weighted by Crippen LogP contribution is -2.08. The SMILES string of the molecule is CCCCCCCCOc1ccc(C(=O)Oc2ccc(-c3ccc(-c4cccc(-c5ccc(-c6ccc(OC(=O)c7ccc(OCCCCCCCC)cc7)cc6)cn5)n4)nc3)cc2)cc1. The molecule has 7 aromatic rings. The lowest BCUT2D eigenvalue weighted by molar-refractivity contribution is 0.0725. The summed E-state index contributed by atoms with van der Waals surface area (Å²) in [5.41, 5.74) is 7.54. The minimum Gasteiger partial charge on any atom is -0.494 e. The molecule has 0 N–H and O–H groups in total. The smallest absolute Gasteiger partial charge is 0.343 e. The molecule has 0 atom stereocenters. The molecule has 0 saturated carbocycles. The topological polar surface area (TPSA) is 110 Å². The number of carbonyl (C=O) groups is 2. The maximum absolute atomic E-state index is 12.8. The van der Waals surface area contributed by atoms with Crippen LogP contribution < -0.4 is 18.9 Å². The van der Waals surface area contributed by atoms with E-state index in [-0.39, 0.29) is 0 Å². The summed E-state index contributed by atoms with van der Waals surface area (Å²) in [7, 11) is 0. The van der Waals surface area contributed by atoms with E-state index in [1.54, 1.807) is 48.5 Å². The Balaban J connectivity index is 0.872. The van der Waals surface area contributed by atoms with Crippen molar-refractivity contribution in [1.82, 2.24) is 15.0 Å². The molecule has 0 amide bonds. The van der Waals surface area contributed by atoms with Crippen molar-refractivity contribution in [2.24, 2.45) is 0 Å². The van der Waals surface area contributed by atoms with Gasteiger partial charge in [0.15, 0.2) is 0 Å². The minimum atomic E-state index is -0.425. The van der Waals surface area contributed by atoms with E-state index in [0.29, 0.717) is 35.8 Å². The van der Waals surface area contributed by atoms with Crippen molar-refractivity contribution >= 4 is 11.9 Å². The van der Waals surface area contributed by atoms with Gasteiger partial charge in [0.2, 0.25) is 0 Å². The van der Waals surface area contributed by atoms with E-state index in [0.717, 1.165) is 69.4 Å². The van der Waals surface area contributed by atoms with Gasteiger partial charge in [0.05, 0.1) is 47.1 Å². The first kappa shape index (κ1) is 46.9. The van der Waals surface area contributed by atoms with E-state index in [1.165, 1.54) is 64.2 Å². The lowest BCUT2D eigenvalue weighted by atomic mass is 10.1. The van der Waals surface area contributed by atoms with Crippen molar-refractivity contribution < 1.29 is 28.5 Å². The Morgan fingerprint density at radius 2 is 0.742 bits per heavy atom. The second kappa shape index (κ2) is 24.8. The van der Waals surface area contributed by atoms with Gasteiger partial charge in [-0.1, -0.05) is 121 Å². The lowest BCUT2D eigenvalue weighted by Gasteiger charge is -2.09. The van der Waals surface area contributed by atoms with Crippen LogP contribution in [-0.2, 0) is 0 Å². The van der Waals surface area contributed by atoms with Crippen LogP contribution in [0.2, 0.25) is 0 Å². The van der Waals surface area contributed by atoms with Gasteiger partial charge in [0.1, 0.15) is 23.0 Å². The summed E-state index contributed by atoms with van der Waals surface area (Å²) in [6, 6.07) is 42.6. The molecule has 7 rings (SSSR count). The Bertz CT molecular complexity index is 2380. The van der Waals surface area contributed by atoms with Crippen molar-refractivity contribution in [3.63, 3.8) is 0 Å². The van der Waals surface area contributed by atoms with Gasteiger partial charge in [-0.05, 0) is 121 Å². The largest absolute Gasteiger partial charge is 0.494 e. The Kier molecular flexibility index (Phi) is 17.6. The molecular formula is C57H59N3O6. The highest BCUT2D eigenvalue weighted by atomic mass is 16.5. The molecule has 0 spiro atoms. The number of carbonyl (C=O) groups excluding carboxylic acids is 2. The number of hydrogen-bond donors (Lipinski definition) is 0. The Morgan fingerprint density at radius 1 is 0.379 bits per heavy atom. The molecule has 9 heteroatoms. The normalized spacial score (nSPS) is 10.9. The number of esters is 2. The zero-order valence-corrected chi connectivity index (χ0v) is 38.1. The summed E-state index contributed by atoms with van der Waals surface area (Å²) < 4.78 is 23.0. The highest BCUT2D eigenvalue weighted by Crippen LogP contribution is 2.28. The number of hydrogen-bond acceptors (Lipinski definition) is 9. The van der Waals surface area contributed by atoms with E-state index in [9.17, 15) is 9.59 Å². The quantitative estimate of drug-likeness (QED) is 0.0333. The Labute approximate surface area is 389 Å². The molecule has 0 radical (unpaired) electrons. The van der Waals surface area contributed by atoms with Crippen molar-refractivity contribution in [2.75, 3.05) is 13.2 Å². The number of ether oxygens (including phenoxy) is 4. The number of rotatable bonds is 24. The summed E-state index contributed by atoms with van der Waals surface area (Å²) in [6.07, 6.45) is 18.1. The molecule has 9 nitrogen and oxygen atoms in total. The molecule has 338 valence electrons. The molecule has 0 aliphatic carbocycles. The van der Waals surface area contributed by atoms with E-state index < -0.39 is 11.9 Å². The predicted molar refractivity (Wildman–Crippen MR) is 262 cm³/mol. The zero-order valence-electron chi connectivity index (χ0n) is 38.1. The van der Waals surface area contributed by atoms with Gasteiger partial charge in [-0.2, -0.15) is 0 Å². The summed E-state index contributed by atoms with van der Waals surface area (Å²) in [5.74, 6) is 1.56. The average molecular weight is 882 g/mol. The fourth-order valence-electron chi connectivity index (χ4n) is 7.43. The van der Waals surface area contributed by atoms with Crippen LogP contribution in [0.1, 0.15) is 112 Å². The van der Waals surface area contributed by atoms with Crippen LogP contribution in [0.15, 0.2) is 152 Å². The monoisotopic (exact) mass is 881 g/mol. The van der Waals surface area contributed by atoms with Gasteiger partial charge in [0, 0.05) is 23.5 Å². The molecule has 4 aromatic carbocycles. The second-order valence-electron chi connectivity index (χ2n) is 16.4. The molecular weight excluding hydrogens is 823 g/mol. The summed E-state index contributed by atoms with van der Waals surface area (Å²) >= 11 is 0. The molecule has 0 bridgehead atoms. The van der Waals surface area contributed by atoms with Gasteiger partial charge in [-0.25, -0.2) is 14.6 Å². The third-order valence-corrected chi connectivity index (χ3v) is 11.3. The molecule has 0 saturated heterocycles. The maximum Gasteiger partial charge on any atom is 0.343 e. The van der Waals surface area contributed by atoms with E-state index >= 15 is 0 Å². The van der Waals surface area contributed by atoms with Crippen LogP contribution in [-0.4, -0.2) is 40.1 Å². The van der Waals surface area contributed by atoms with Crippen LogP contribution in [0.5, 0.6) is 23.0 Å². The molecule has 3 aromatic heterocycles. The molecule has 0 aliphatic rings. The molecule has 0 aliphatic heterocycles. The molecule has 3 heterocycles.